The fraction of sp³-hybridized carbons (Fsp3) is 0.625. The highest BCUT2D eigenvalue weighted by atomic mass is 15.4. The molecule has 3 heteroatoms. The zero-order valence-electron chi connectivity index (χ0n) is 7.59. The first-order chi connectivity index (χ1) is 5.20. The fourth-order valence-electron chi connectivity index (χ4n) is 0.666. The van der Waals surface area contributed by atoms with E-state index >= 15 is 0 Å². The average Bonchev–Trinajstić information content (AvgIpc) is 2.00. The van der Waals surface area contributed by atoms with Gasteiger partial charge in [-0.3, -0.25) is 5.01 Å². The Labute approximate surface area is 68.8 Å². The molecular weight excluding hydrogens is 138 g/mol. The minimum absolute atomic E-state index is 0.973. The van der Waals surface area contributed by atoms with Crippen molar-refractivity contribution in [2.24, 2.45) is 5.10 Å². The number of hydrogen-bond donors (Lipinski definition) is 1. The maximum atomic E-state index is 4.22. The summed E-state index contributed by atoms with van der Waals surface area (Å²) in [6, 6.07) is 0. The minimum Gasteiger partial charge on any atom is -0.319 e. The second-order valence-corrected chi connectivity index (χ2v) is 2.45. The topological polar surface area (TPSA) is 27.6 Å². The third kappa shape index (κ3) is 5.61. The first-order valence-electron chi connectivity index (χ1n) is 3.74. The minimum atomic E-state index is 0.973. The predicted molar refractivity (Wildman–Crippen MR) is 49.6 cm³/mol. The molecule has 0 rings (SSSR count). The zero-order valence-corrected chi connectivity index (χ0v) is 7.59. The van der Waals surface area contributed by atoms with Crippen LogP contribution in [-0.4, -0.2) is 31.4 Å². The van der Waals surface area contributed by atoms with E-state index in [1.54, 1.807) is 11.2 Å². The van der Waals surface area contributed by atoms with Gasteiger partial charge in [0.1, 0.15) is 0 Å². The Bertz CT molecular complexity index is 140. The normalized spacial score (nSPS) is 11.4. The van der Waals surface area contributed by atoms with Gasteiger partial charge in [0.25, 0.3) is 0 Å². The Morgan fingerprint density at radius 1 is 1.73 bits per heavy atom. The number of rotatable bonds is 5. The molecule has 0 aromatic heterocycles. The summed E-state index contributed by atoms with van der Waals surface area (Å²) in [4.78, 5) is 0. The van der Waals surface area contributed by atoms with Gasteiger partial charge in [-0.25, -0.2) is 0 Å². The van der Waals surface area contributed by atoms with Crippen LogP contribution in [0.25, 0.3) is 0 Å². The van der Waals surface area contributed by atoms with Crippen LogP contribution in [0, 0.1) is 0 Å². The number of nitrogens with zero attached hydrogens (tertiary/aromatic N) is 2. The lowest BCUT2D eigenvalue weighted by Gasteiger charge is -2.07. The molecule has 0 unspecified atom stereocenters. The largest absolute Gasteiger partial charge is 0.319 e. The summed E-state index contributed by atoms with van der Waals surface area (Å²) in [7, 11) is 3.81. The Morgan fingerprint density at radius 3 is 2.82 bits per heavy atom. The van der Waals surface area contributed by atoms with Crippen molar-refractivity contribution in [3.05, 3.63) is 12.8 Å². The molecule has 0 bridgehead atoms. The molecule has 0 aliphatic rings. The maximum Gasteiger partial charge on any atom is 0.0366 e. The van der Waals surface area contributed by atoms with E-state index in [4.69, 9.17) is 0 Å². The zero-order chi connectivity index (χ0) is 8.69. The van der Waals surface area contributed by atoms with Crippen LogP contribution in [0.4, 0.5) is 0 Å². The standard InChI is InChI=1S/C8H17N3/c1-5-11(4)10-8(2)6-7-9-3/h5,9H,1,6-7H2,2-4H3/b10-8+. The lowest BCUT2D eigenvalue weighted by Crippen LogP contribution is -2.13. The summed E-state index contributed by atoms with van der Waals surface area (Å²) in [6.07, 6.45) is 2.66. The molecule has 1 N–H and O–H groups in total. The van der Waals surface area contributed by atoms with E-state index in [0.717, 1.165) is 18.7 Å². The quantitative estimate of drug-likeness (QED) is 0.474. The molecule has 0 fully saturated rings. The van der Waals surface area contributed by atoms with Gasteiger partial charge >= 0.3 is 0 Å². The van der Waals surface area contributed by atoms with Gasteiger partial charge in [-0.05, 0) is 20.4 Å². The second-order valence-electron chi connectivity index (χ2n) is 2.45. The number of nitrogens with one attached hydrogen (secondary N) is 1. The smallest absolute Gasteiger partial charge is 0.0366 e. The van der Waals surface area contributed by atoms with Crippen molar-refractivity contribution in [3.8, 4) is 0 Å². The molecule has 0 spiro atoms. The van der Waals surface area contributed by atoms with Gasteiger partial charge in [0.15, 0.2) is 0 Å². The van der Waals surface area contributed by atoms with Gasteiger partial charge < -0.3 is 5.32 Å². The molecule has 0 aliphatic heterocycles. The van der Waals surface area contributed by atoms with E-state index in [9.17, 15) is 0 Å². The van der Waals surface area contributed by atoms with Crippen LogP contribution >= 0.6 is 0 Å². The molecule has 0 aromatic carbocycles. The summed E-state index contributed by atoms with van der Waals surface area (Å²) >= 11 is 0. The van der Waals surface area contributed by atoms with E-state index in [1.165, 1.54) is 0 Å². The lowest BCUT2D eigenvalue weighted by atomic mass is 10.3. The molecular formula is C8H17N3. The first kappa shape index (κ1) is 10.2. The molecule has 3 nitrogen and oxygen atoms in total. The highest BCUT2D eigenvalue weighted by Crippen LogP contribution is 1.89. The van der Waals surface area contributed by atoms with Crippen molar-refractivity contribution in [1.82, 2.24) is 10.3 Å². The van der Waals surface area contributed by atoms with Crippen LogP contribution in [0.2, 0.25) is 0 Å². The molecule has 0 aromatic rings. The molecule has 64 valence electrons. The Hall–Kier alpha value is -0.830. The number of hydrogen-bond acceptors (Lipinski definition) is 3. The molecule has 0 amide bonds. The van der Waals surface area contributed by atoms with Gasteiger partial charge in [-0.2, -0.15) is 5.10 Å². The summed E-state index contributed by atoms with van der Waals surface area (Å²) in [6.45, 7) is 6.58. The molecule has 0 saturated carbocycles. The van der Waals surface area contributed by atoms with Gasteiger partial charge in [0, 0.05) is 25.5 Å². The monoisotopic (exact) mass is 155 g/mol. The summed E-state index contributed by atoms with van der Waals surface area (Å²) in [5, 5.41) is 9.00. The Kier molecular flexibility index (Phi) is 5.47. The highest BCUT2D eigenvalue weighted by Gasteiger charge is 1.90. The Balaban J connectivity index is 3.69. The average molecular weight is 155 g/mol. The first-order valence-corrected chi connectivity index (χ1v) is 3.74. The van der Waals surface area contributed by atoms with Crippen molar-refractivity contribution in [1.29, 1.82) is 0 Å². The van der Waals surface area contributed by atoms with E-state index in [2.05, 4.69) is 17.0 Å². The van der Waals surface area contributed by atoms with E-state index in [0.29, 0.717) is 0 Å². The van der Waals surface area contributed by atoms with E-state index in [1.807, 2.05) is 21.0 Å². The summed E-state index contributed by atoms with van der Waals surface area (Å²) in [5.41, 5.74) is 1.11. The maximum absolute atomic E-state index is 4.22. The Morgan fingerprint density at radius 2 is 2.36 bits per heavy atom. The second kappa shape index (κ2) is 5.92. The van der Waals surface area contributed by atoms with Crippen LogP contribution in [-0.2, 0) is 0 Å². The van der Waals surface area contributed by atoms with E-state index in [-0.39, 0.29) is 0 Å². The molecule has 11 heavy (non-hydrogen) atoms. The van der Waals surface area contributed by atoms with E-state index < -0.39 is 0 Å². The molecule has 0 aliphatic carbocycles. The van der Waals surface area contributed by atoms with Gasteiger partial charge in [-0.1, -0.05) is 6.58 Å². The van der Waals surface area contributed by atoms with Crippen molar-refractivity contribution < 1.29 is 0 Å². The van der Waals surface area contributed by atoms with Crippen molar-refractivity contribution in [2.45, 2.75) is 13.3 Å². The predicted octanol–water partition coefficient (Wildman–Crippen LogP) is 1.05. The molecule has 0 saturated heterocycles. The molecule has 0 heterocycles. The number of hydrazone groups is 1. The molecule has 0 radical (unpaired) electrons. The van der Waals surface area contributed by atoms with Gasteiger partial charge in [0.05, 0.1) is 0 Å². The third-order valence-corrected chi connectivity index (χ3v) is 1.33. The molecule has 0 atom stereocenters. The van der Waals surface area contributed by atoms with Crippen LogP contribution in [0.3, 0.4) is 0 Å². The van der Waals surface area contributed by atoms with Crippen LogP contribution in [0.15, 0.2) is 17.9 Å². The fourth-order valence-corrected chi connectivity index (χ4v) is 0.666. The van der Waals surface area contributed by atoms with Crippen LogP contribution in [0.5, 0.6) is 0 Å². The van der Waals surface area contributed by atoms with Gasteiger partial charge in [-0.15, -0.1) is 0 Å². The van der Waals surface area contributed by atoms with Crippen LogP contribution < -0.4 is 5.32 Å². The van der Waals surface area contributed by atoms with Gasteiger partial charge in [0.2, 0.25) is 0 Å². The van der Waals surface area contributed by atoms with Crippen molar-refractivity contribution >= 4 is 5.71 Å². The SMILES string of the molecule is C=CN(C)/N=C(\C)CCNC. The van der Waals surface area contributed by atoms with Crippen LogP contribution in [0.1, 0.15) is 13.3 Å². The lowest BCUT2D eigenvalue weighted by molar-refractivity contribution is 0.489. The highest BCUT2D eigenvalue weighted by molar-refractivity contribution is 5.81. The summed E-state index contributed by atoms with van der Waals surface area (Å²) in [5.74, 6) is 0. The third-order valence-electron chi connectivity index (χ3n) is 1.33. The summed E-state index contributed by atoms with van der Waals surface area (Å²) < 4.78 is 0. The van der Waals surface area contributed by atoms with Crippen molar-refractivity contribution in [3.63, 3.8) is 0 Å². The van der Waals surface area contributed by atoms with Crippen molar-refractivity contribution in [2.75, 3.05) is 20.6 Å².